The van der Waals surface area contributed by atoms with Crippen LogP contribution in [0.2, 0.25) is 0 Å². The van der Waals surface area contributed by atoms with Gasteiger partial charge in [-0.2, -0.15) is 14.4 Å². The molecule has 0 bridgehead atoms. The lowest BCUT2D eigenvalue weighted by molar-refractivity contribution is 0.477. The highest BCUT2D eigenvalue weighted by Gasteiger charge is 2.27. The summed E-state index contributed by atoms with van der Waals surface area (Å²) in [5.41, 5.74) is 8.22. The maximum atomic E-state index is 13.7. The van der Waals surface area contributed by atoms with Crippen molar-refractivity contribution in [2.24, 2.45) is 0 Å². The third kappa shape index (κ3) is 3.65. The highest BCUT2D eigenvalue weighted by molar-refractivity contribution is 7.89. The average Bonchev–Trinajstić information content (AvgIpc) is 3.45. The lowest BCUT2D eigenvalue weighted by atomic mass is 10.1. The fourth-order valence-electron chi connectivity index (χ4n) is 3.77. The molecule has 1 saturated heterocycles. The number of H-pyrrole nitrogens is 1. The predicted octanol–water partition coefficient (Wildman–Crippen LogP) is 3.27. The summed E-state index contributed by atoms with van der Waals surface area (Å²) in [7, 11) is -3.54. The van der Waals surface area contributed by atoms with Gasteiger partial charge in [0, 0.05) is 30.4 Å². The summed E-state index contributed by atoms with van der Waals surface area (Å²) in [4.78, 5) is 8.76. The van der Waals surface area contributed by atoms with E-state index < -0.39 is 10.0 Å². The van der Waals surface area contributed by atoms with E-state index in [1.807, 2.05) is 0 Å². The van der Waals surface area contributed by atoms with Crippen LogP contribution in [0.15, 0.2) is 53.6 Å². The molecule has 2 aromatic carbocycles. The van der Waals surface area contributed by atoms with Crippen LogP contribution < -0.4 is 11.1 Å². The van der Waals surface area contributed by atoms with E-state index in [0.29, 0.717) is 40.9 Å². The Kier molecular flexibility index (Phi) is 4.98. The number of nitrogens with two attached hydrogens (primary N) is 1. The number of hydrogen-bond donors (Lipinski definition) is 3. The summed E-state index contributed by atoms with van der Waals surface area (Å²) >= 11 is 0. The molecule has 4 aromatic rings. The Morgan fingerprint density at radius 2 is 1.94 bits per heavy atom. The van der Waals surface area contributed by atoms with E-state index in [4.69, 9.17) is 5.73 Å². The number of aromatic amines is 1. The summed E-state index contributed by atoms with van der Waals surface area (Å²) in [5, 5.41) is 10.6. The summed E-state index contributed by atoms with van der Waals surface area (Å²) in [6, 6.07) is 10.8. The van der Waals surface area contributed by atoms with Gasteiger partial charge >= 0.3 is 0 Å². The number of rotatable bonds is 5. The van der Waals surface area contributed by atoms with Gasteiger partial charge in [-0.15, -0.1) is 0 Å². The van der Waals surface area contributed by atoms with E-state index in [0.717, 1.165) is 12.8 Å². The first kappa shape index (κ1) is 20.3. The lowest BCUT2D eigenvalue weighted by Gasteiger charge is -2.16. The summed E-state index contributed by atoms with van der Waals surface area (Å²) in [6.45, 7) is 1.07. The van der Waals surface area contributed by atoms with Crippen LogP contribution >= 0.6 is 0 Å². The summed E-state index contributed by atoms with van der Waals surface area (Å²) in [5.74, 6) is -0.0318. The molecule has 0 aliphatic carbocycles. The number of nitrogens with one attached hydrogen (secondary N) is 2. The van der Waals surface area contributed by atoms with Crippen LogP contribution in [0.4, 0.5) is 21.8 Å². The van der Waals surface area contributed by atoms with Crippen LogP contribution in [0.25, 0.3) is 22.2 Å². The Hall–Kier alpha value is -3.57. The van der Waals surface area contributed by atoms with Gasteiger partial charge in [0.15, 0.2) is 0 Å². The quantitative estimate of drug-likeness (QED) is 0.423. The molecular weight excluding hydrogens is 433 g/mol. The number of nitrogen functional groups attached to an aromatic ring is 1. The number of halogens is 1. The number of benzene rings is 2. The Morgan fingerprint density at radius 3 is 2.72 bits per heavy atom. The monoisotopic (exact) mass is 453 g/mol. The molecule has 0 radical (unpaired) electrons. The first-order valence-electron chi connectivity index (χ1n) is 10.1. The number of aromatic nitrogens is 4. The zero-order chi connectivity index (χ0) is 22.3. The lowest BCUT2D eigenvalue weighted by Crippen LogP contribution is -2.27. The van der Waals surface area contributed by atoms with Crippen LogP contribution in [-0.2, 0) is 10.0 Å². The van der Waals surface area contributed by atoms with Crippen molar-refractivity contribution in [1.82, 2.24) is 24.5 Å². The average molecular weight is 454 g/mol. The standard InChI is InChI=1S/C21H20FN7O2S/c22-13-6-7-18-16(10-13)19(28-27-18)17-12-24-21(26-20(17)23)25-14-4-3-5-15(11-14)32(30,31)29-8-1-2-9-29/h3-7,10-12H,1-2,8-9H2,(H,27,28)(H3,23,24,25,26). The van der Waals surface area contributed by atoms with Gasteiger partial charge in [-0.05, 0) is 49.2 Å². The zero-order valence-corrected chi connectivity index (χ0v) is 17.7. The Labute approximate surface area is 183 Å². The fourth-order valence-corrected chi connectivity index (χ4v) is 5.33. The predicted molar refractivity (Wildman–Crippen MR) is 119 cm³/mol. The summed E-state index contributed by atoms with van der Waals surface area (Å²) in [6.07, 6.45) is 3.24. The maximum Gasteiger partial charge on any atom is 0.243 e. The Balaban J connectivity index is 1.42. The third-order valence-corrected chi connectivity index (χ3v) is 7.29. The molecule has 1 aliphatic rings. The number of sulfonamides is 1. The molecule has 3 heterocycles. The molecule has 2 aromatic heterocycles. The molecule has 0 spiro atoms. The molecule has 9 nitrogen and oxygen atoms in total. The van der Waals surface area contributed by atoms with Gasteiger partial charge in [-0.25, -0.2) is 17.8 Å². The smallest absolute Gasteiger partial charge is 0.243 e. The number of hydrogen-bond acceptors (Lipinski definition) is 7. The molecule has 4 N–H and O–H groups in total. The number of fused-ring (bicyclic) bond motifs is 1. The fraction of sp³-hybridized carbons (Fsp3) is 0.190. The molecule has 0 atom stereocenters. The molecule has 164 valence electrons. The highest BCUT2D eigenvalue weighted by Crippen LogP contribution is 2.30. The second-order valence-electron chi connectivity index (χ2n) is 7.52. The first-order chi connectivity index (χ1) is 15.4. The van der Waals surface area contributed by atoms with E-state index in [1.54, 1.807) is 30.3 Å². The normalized spacial score (nSPS) is 14.8. The second kappa shape index (κ2) is 7.84. The zero-order valence-electron chi connectivity index (χ0n) is 16.9. The van der Waals surface area contributed by atoms with Crippen LogP contribution in [-0.4, -0.2) is 46.0 Å². The van der Waals surface area contributed by atoms with Crippen LogP contribution in [0.3, 0.4) is 0 Å². The number of nitrogens with zero attached hydrogens (tertiary/aromatic N) is 4. The maximum absolute atomic E-state index is 13.7. The topological polar surface area (TPSA) is 130 Å². The molecule has 11 heteroatoms. The van der Waals surface area contributed by atoms with E-state index in [-0.39, 0.29) is 22.5 Å². The third-order valence-electron chi connectivity index (χ3n) is 5.39. The van der Waals surface area contributed by atoms with E-state index in [9.17, 15) is 12.8 Å². The van der Waals surface area contributed by atoms with Crippen molar-refractivity contribution < 1.29 is 12.8 Å². The minimum Gasteiger partial charge on any atom is -0.383 e. The van der Waals surface area contributed by atoms with Crippen molar-refractivity contribution in [2.45, 2.75) is 17.7 Å². The molecule has 32 heavy (non-hydrogen) atoms. The van der Waals surface area contributed by atoms with Gasteiger partial charge in [-0.1, -0.05) is 6.07 Å². The van der Waals surface area contributed by atoms with Gasteiger partial charge < -0.3 is 11.1 Å². The van der Waals surface area contributed by atoms with Crippen LogP contribution in [0.5, 0.6) is 0 Å². The summed E-state index contributed by atoms with van der Waals surface area (Å²) < 4.78 is 40.8. The second-order valence-corrected chi connectivity index (χ2v) is 9.46. The van der Waals surface area contributed by atoms with Gasteiger partial charge in [0.05, 0.1) is 16.0 Å². The molecule has 0 saturated carbocycles. The van der Waals surface area contributed by atoms with E-state index in [1.165, 1.54) is 22.6 Å². The van der Waals surface area contributed by atoms with Crippen molar-refractivity contribution >= 4 is 38.4 Å². The van der Waals surface area contributed by atoms with Crippen LogP contribution in [0.1, 0.15) is 12.8 Å². The largest absolute Gasteiger partial charge is 0.383 e. The molecule has 5 rings (SSSR count). The van der Waals surface area contributed by atoms with Crippen molar-refractivity contribution in [3.05, 3.63) is 54.5 Å². The van der Waals surface area contributed by atoms with E-state index >= 15 is 0 Å². The van der Waals surface area contributed by atoms with Gasteiger partial charge in [0.2, 0.25) is 16.0 Å². The minimum absolute atomic E-state index is 0.154. The number of anilines is 3. The van der Waals surface area contributed by atoms with Crippen molar-refractivity contribution in [3.63, 3.8) is 0 Å². The Morgan fingerprint density at radius 1 is 1.12 bits per heavy atom. The minimum atomic E-state index is -3.54. The molecule has 0 unspecified atom stereocenters. The van der Waals surface area contributed by atoms with Gasteiger partial charge in [0.25, 0.3) is 0 Å². The molecule has 1 fully saturated rings. The van der Waals surface area contributed by atoms with Crippen LogP contribution in [0, 0.1) is 5.82 Å². The highest BCUT2D eigenvalue weighted by atomic mass is 32.2. The molecule has 1 aliphatic heterocycles. The van der Waals surface area contributed by atoms with Crippen molar-refractivity contribution in [1.29, 1.82) is 0 Å². The van der Waals surface area contributed by atoms with Crippen molar-refractivity contribution in [2.75, 3.05) is 24.1 Å². The van der Waals surface area contributed by atoms with Gasteiger partial charge in [-0.3, -0.25) is 5.10 Å². The van der Waals surface area contributed by atoms with Crippen molar-refractivity contribution in [3.8, 4) is 11.3 Å². The molecular formula is C21H20FN7O2S. The van der Waals surface area contributed by atoms with Gasteiger partial charge in [0.1, 0.15) is 17.3 Å². The van der Waals surface area contributed by atoms with E-state index in [2.05, 4.69) is 25.5 Å². The SMILES string of the molecule is Nc1nc(Nc2cccc(S(=O)(=O)N3CCCC3)c2)ncc1-c1n[nH]c2ccc(F)cc12. The first-order valence-corrected chi connectivity index (χ1v) is 11.5. The Bertz CT molecular complexity index is 1410. The molecule has 0 amide bonds.